The molecule has 0 amide bonds. The third-order valence-electron chi connectivity index (χ3n) is 2.58. The maximum atomic E-state index is 13.1. The quantitative estimate of drug-likeness (QED) is 0.774. The number of carbonyl (C=O) groups excluding carboxylic acids is 2. The number of carboxylic acids is 1. The first-order chi connectivity index (χ1) is 9.93. The van der Waals surface area contributed by atoms with Crippen LogP contribution in [0.5, 0.6) is 5.75 Å². The van der Waals surface area contributed by atoms with Crippen LogP contribution < -0.4 is 9.84 Å². The highest BCUT2D eigenvalue weighted by Crippen LogP contribution is 2.23. The molecule has 0 fully saturated rings. The zero-order valence-corrected chi connectivity index (χ0v) is 12.7. The van der Waals surface area contributed by atoms with Crippen molar-refractivity contribution in [2.24, 2.45) is 0 Å². The largest absolute Gasteiger partial charge is 0.544 e. The van der Waals surface area contributed by atoms with E-state index < -0.39 is 29.6 Å². The molecular weight excluding hydrogens is 298 g/mol. The SMILES string of the molecule is CC(OC(=O)c1ccc(OC(C)(C)C)cc1)C(F)(F)C(=O)[O-]. The van der Waals surface area contributed by atoms with Gasteiger partial charge in [-0.3, -0.25) is 0 Å². The fourth-order valence-corrected chi connectivity index (χ4v) is 1.48. The predicted molar refractivity (Wildman–Crippen MR) is 71.7 cm³/mol. The number of benzene rings is 1. The number of aliphatic carboxylic acids is 1. The van der Waals surface area contributed by atoms with E-state index in [9.17, 15) is 23.5 Å². The van der Waals surface area contributed by atoms with Gasteiger partial charge in [-0.25, -0.2) is 4.79 Å². The number of halogens is 2. The fraction of sp³-hybridized carbons (Fsp3) is 0.467. The molecular formula is C15H17F2O5-. The number of hydrogen-bond acceptors (Lipinski definition) is 5. The third-order valence-corrected chi connectivity index (χ3v) is 2.58. The highest BCUT2D eigenvalue weighted by Gasteiger charge is 2.41. The summed E-state index contributed by atoms with van der Waals surface area (Å²) in [6.07, 6.45) is -2.14. The van der Waals surface area contributed by atoms with Gasteiger partial charge in [0.1, 0.15) is 17.3 Å². The Labute approximate surface area is 126 Å². The van der Waals surface area contributed by atoms with Gasteiger partial charge < -0.3 is 19.4 Å². The van der Waals surface area contributed by atoms with E-state index in [4.69, 9.17) is 4.74 Å². The van der Waals surface area contributed by atoms with E-state index in [0.717, 1.165) is 6.92 Å². The predicted octanol–water partition coefficient (Wildman–Crippen LogP) is 1.79. The van der Waals surface area contributed by atoms with Crippen LogP contribution in [-0.2, 0) is 9.53 Å². The van der Waals surface area contributed by atoms with Crippen LogP contribution in [0.15, 0.2) is 24.3 Å². The monoisotopic (exact) mass is 315 g/mol. The zero-order valence-electron chi connectivity index (χ0n) is 12.7. The van der Waals surface area contributed by atoms with Gasteiger partial charge in [0.15, 0.2) is 6.10 Å². The number of carbonyl (C=O) groups is 2. The molecule has 22 heavy (non-hydrogen) atoms. The average Bonchev–Trinajstić information content (AvgIpc) is 2.37. The van der Waals surface area contributed by atoms with Crippen molar-refractivity contribution in [1.82, 2.24) is 0 Å². The van der Waals surface area contributed by atoms with Gasteiger partial charge >= 0.3 is 11.9 Å². The van der Waals surface area contributed by atoms with Crippen molar-refractivity contribution in [1.29, 1.82) is 0 Å². The lowest BCUT2D eigenvalue weighted by molar-refractivity contribution is -0.335. The van der Waals surface area contributed by atoms with Crippen molar-refractivity contribution in [2.45, 2.75) is 45.3 Å². The van der Waals surface area contributed by atoms with Gasteiger partial charge in [-0.15, -0.1) is 0 Å². The second-order valence-electron chi connectivity index (χ2n) is 5.70. The Kier molecular flexibility index (Phi) is 5.11. The van der Waals surface area contributed by atoms with Crippen molar-refractivity contribution in [2.75, 3.05) is 0 Å². The highest BCUT2D eigenvalue weighted by molar-refractivity contribution is 5.90. The summed E-state index contributed by atoms with van der Waals surface area (Å²) in [6.45, 7) is 6.32. The molecule has 122 valence electrons. The Balaban J connectivity index is 2.77. The molecule has 0 heterocycles. The third kappa shape index (κ3) is 4.68. The second-order valence-corrected chi connectivity index (χ2v) is 5.70. The second kappa shape index (κ2) is 6.29. The molecule has 0 saturated carbocycles. The van der Waals surface area contributed by atoms with Crippen LogP contribution in [0.25, 0.3) is 0 Å². The van der Waals surface area contributed by atoms with E-state index in [1.807, 2.05) is 20.8 Å². The highest BCUT2D eigenvalue weighted by atomic mass is 19.3. The summed E-state index contributed by atoms with van der Waals surface area (Å²) in [4.78, 5) is 22.0. The number of ether oxygens (including phenoxy) is 2. The lowest BCUT2D eigenvalue weighted by Crippen LogP contribution is -2.50. The fourth-order valence-electron chi connectivity index (χ4n) is 1.48. The maximum absolute atomic E-state index is 13.1. The minimum absolute atomic E-state index is 0.00209. The lowest BCUT2D eigenvalue weighted by Gasteiger charge is -2.24. The molecule has 0 saturated heterocycles. The van der Waals surface area contributed by atoms with Crippen molar-refractivity contribution < 1.29 is 33.0 Å². The average molecular weight is 315 g/mol. The molecule has 1 unspecified atom stereocenters. The van der Waals surface area contributed by atoms with Crippen molar-refractivity contribution >= 4 is 11.9 Å². The Hall–Kier alpha value is -2.18. The summed E-state index contributed by atoms with van der Waals surface area (Å²) in [5.41, 5.74) is -0.421. The van der Waals surface area contributed by atoms with Crippen LogP contribution in [0.3, 0.4) is 0 Å². The molecule has 0 aliphatic heterocycles. The molecule has 0 N–H and O–H groups in total. The minimum atomic E-state index is -4.26. The van der Waals surface area contributed by atoms with Crippen LogP contribution in [0.4, 0.5) is 8.78 Å². The van der Waals surface area contributed by atoms with Crippen LogP contribution in [0, 0.1) is 0 Å². The van der Waals surface area contributed by atoms with Gasteiger partial charge in [0.05, 0.1) is 5.56 Å². The van der Waals surface area contributed by atoms with Gasteiger partial charge in [-0.2, -0.15) is 8.78 Å². The normalized spacial score (nSPS) is 13.4. The number of carboxylic acid groups (broad SMARTS) is 1. The summed E-state index contributed by atoms with van der Waals surface area (Å²) >= 11 is 0. The van der Waals surface area contributed by atoms with Crippen molar-refractivity contribution in [3.8, 4) is 5.75 Å². The van der Waals surface area contributed by atoms with Gasteiger partial charge in [-0.05, 0) is 52.0 Å². The number of esters is 1. The van der Waals surface area contributed by atoms with E-state index >= 15 is 0 Å². The summed E-state index contributed by atoms with van der Waals surface area (Å²) in [6, 6.07) is 5.66. The lowest BCUT2D eigenvalue weighted by atomic mass is 10.1. The summed E-state index contributed by atoms with van der Waals surface area (Å²) in [7, 11) is 0. The summed E-state index contributed by atoms with van der Waals surface area (Å²) in [5.74, 6) is -7.42. The zero-order chi connectivity index (χ0) is 17.1. The molecule has 0 aromatic heterocycles. The molecule has 1 rings (SSSR count). The van der Waals surface area contributed by atoms with Gasteiger partial charge in [0.25, 0.3) is 0 Å². The minimum Gasteiger partial charge on any atom is -0.544 e. The molecule has 0 radical (unpaired) electrons. The molecule has 0 aliphatic carbocycles. The number of alkyl halides is 2. The summed E-state index contributed by atoms with van der Waals surface area (Å²) < 4.78 is 36.2. The number of rotatable bonds is 5. The van der Waals surface area contributed by atoms with Gasteiger partial charge in [0.2, 0.25) is 0 Å². The first kappa shape index (κ1) is 17.9. The molecule has 1 aromatic rings. The standard InChI is InChI=1S/C15H18F2O5/c1-9(15(16,17)13(19)20)21-12(18)10-5-7-11(8-6-10)22-14(2,3)4/h5-9H,1-4H3,(H,19,20)/p-1. The van der Waals surface area contributed by atoms with Crippen LogP contribution >= 0.6 is 0 Å². The topological polar surface area (TPSA) is 75.7 Å². The van der Waals surface area contributed by atoms with E-state index in [1.165, 1.54) is 24.3 Å². The summed E-state index contributed by atoms with van der Waals surface area (Å²) in [5, 5.41) is 10.3. The first-order valence-corrected chi connectivity index (χ1v) is 6.53. The Bertz CT molecular complexity index is 546. The van der Waals surface area contributed by atoms with E-state index in [0.29, 0.717) is 5.75 Å². The molecule has 0 bridgehead atoms. The molecule has 0 aliphatic rings. The maximum Gasteiger partial charge on any atom is 0.338 e. The first-order valence-electron chi connectivity index (χ1n) is 6.53. The van der Waals surface area contributed by atoms with E-state index in [2.05, 4.69) is 4.74 Å². The van der Waals surface area contributed by atoms with Gasteiger partial charge in [-0.1, -0.05) is 0 Å². The molecule has 5 nitrogen and oxygen atoms in total. The van der Waals surface area contributed by atoms with Gasteiger partial charge in [0, 0.05) is 0 Å². The van der Waals surface area contributed by atoms with Crippen LogP contribution in [-0.4, -0.2) is 29.6 Å². The molecule has 0 spiro atoms. The van der Waals surface area contributed by atoms with Crippen molar-refractivity contribution in [3.05, 3.63) is 29.8 Å². The molecule has 7 heteroatoms. The Morgan fingerprint density at radius 3 is 2.05 bits per heavy atom. The Morgan fingerprint density at radius 2 is 1.64 bits per heavy atom. The van der Waals surface area contributed by atoms with Crippen LogP contribution in [0.1, 0.15) is 38.1 Å². The molecule has 1 aromatic carbocycles. The smallest absolute Gasteiger partial charge is 0.338 e. The number of hydrogen-bond donors (Lipinski definition) is 0. The van der Waals surface area contributed by atoms with Crippen LogP contribution in [0.2, 0.25) is 0 Å². The van der Waals surface area contributed by atoms with Crippen molar-refractivity contribution in [3.63, 3.8) is 0 Å². The Morgan fingerprint density at radius 1 is 1.14 bits per heavy atom. The molecule has 1 atom stereocenters. The van der Waals surface area contributed by atoms with E-state index in [1.54, 1.807) is 0 Å². The van der Waals surface area contributed by atoms with E-state index in [-0.39, 0.29) is 5.56 Å².